The summed E-state index contributed by atoms with van der Waals surface area (Å²) in [7, 11) is 1.68. The van der Waals surface area contributed by atoms with Crippen molar-refractivity contribution in [1.82, 2.24) is 34.7 Å². The summed E-state index contributed by atoms with van der Waals surface area (Å²) >= 11 is 0. The number of carbonyl (C=O) groups is 2. The molecule has 3 N–H and O–H groups in total. The van der Waals surface area contributed by atoms with Crippen LogP contribution in [0.3, 0.4) is 0 Å². The van der Waals surface area contributed by atoms with Gasteiger partial charge in [0.2, 0.25) is 0 Å². The van der Waals surface area contributed by atoms with Crippen molar-refractivity contribution in [1.29, 1.82) is 0 Å². The maximum atomic E-state index is 13.0. The van der Waals surface area contributed by atoms with Crippen LogP contribution in [0.5, 0.6) is 5.75 Å². The maximum Gasteiger partial charge on any atom is 0.410 e. The summed E-state index contributed by atoms with van der Waals surface area (Å²) in [6.45, 7) is 12.9. The van der Waals surface area contributed by atoms with E-state index in [1.807, 2.05) is 60.0 Å². The molecule has 13 nitrogen and oxygen atoms in total. The smallest absolute Gasteiger partial charge is 0.410 e. The van der Waals surface area contributed by atoms with Crippen molar-refractivity contribution in [3.8, 4) is 39.5 Å². The van der Waals surface area contributed by atoms with Crippen LogP contribution in [0.15, 0.2) is 48.8 Å². The van der Waals surface area contributed by atoms with Crippen molar-refractivity contribution >= 4 is 23.1 Å². The van der Waals surface area contributed by atoms with Crippen molar-refractivity contribution in [3.05, 3.63) is 66.0 Å². The summed E-state index contributed by atoms with van der Waals surface area (Å²) in [5, 5.41) is 1.04. The minimum atomic E-state index is -0.567. The highest BCUT2D eigenvalue weighted by Gasteiger charge is 2.37. The zero-order valence-corrected chi connectivity index (χ0v) is 32.0. The fourth-order valence-corrected chi connectivity index (χ4v) is 7.89. The number of aromatic nitrogens is 5. The molecule has 0 aliphatic carbocycles. The van der Waals surface area contributed by atoms with Crippen LogP contribution in [-0.2, 0) is 14.2 Å². The largest absolute Gasteiger partial charge is 0.482 e. The molecule has 0 spiro atoms. The predicted octanol–water partition coefficient (Wildman–Crippen LogP) is 8.84. The van der Waals surface area contributed by atoms with Crippen molar-refractivity contribution < 1.29 is 28.5 Å². The highest BCUT2D eigenvalue weighted by Crippen LogP contribution is 2.47. The van der Waals surface area contributed by atoms with E-state index in [0.29, 0.717) is 19.7 Å². The molecule has 284 valence electrons. The number of nitrogens with one attached hydrogen (secondary N) is 3. The molecule has 2 fully saturated rings. The third kappa shape index (κ3) is 6.81. The van der Waals surface area contributed by atoms with Gasteiger partial charge >= 0.3 is 12.2 Å². The quantitative estimate of drug-likeness (QED) is 0.157. The number of aromatic amines is 3. The second-order valence-corrected chi connectivity index (χ2v) is 16.5. The number of nitrogens with zero attached hydrogens (tertiary/aromatic N) is 4. The van der Waals surface area contributed by atoms with E-state index in [4.69, 9.17) is 28.9 Å². The standard InChI is InChI=1S/C41H49N7O6/c1-40(2,3)53-38(49)47-16-8-10-30(47)36-42-20-28(45-36)23-13-15-27-26(18-23)34-33(22-51-7)52-32-19-24(12-14-25(32)35(34)44-27)29-21-43-37(46-29)31-11-9-17-48(31)39(50)54-41(4,5)6/h12-15,18-21,30-31,33,44H,8-11,16-17,22H2,1-7H3,(H,42,45)(H,43,46)/t30-,31-,33?/m0/s1. The van der Waals surface area contributed by atoms with Gasteiger partial charge in [0.15, 0.2) is 0 Å². The lowest BCUT2D eigenvalue weighted by atomic mass is 9.95. The number of benzene rings is 2. The molecule has 5 aromatic rings. The molecule has 54 heavy (non-hydrogen) atoms. The van der Waals surface area contributed by atoms with E-state index >= 15 is 0 Å². The minimum Gasteiger partial charge on any atom is -0.482 e. The van der Waals surface area contributed by atoms with Gasteiger partial charge in [0, 0.05) is 53.4 Å². The molecule has 3 atom stereocenters. The highest BCUT2D eigenvalue weighted by molar-refractivity contribution is 5.96. The van der Waals surface area contributed by atoms with Gasteiger partial charge in [-0.15, -0.1) is 0 Å². The van der Waals surface area contributed by atoms with Gasteiger partial charge in [-0.25, -0.2) is 19.6 Å². The topological polar surface area (TPSA) is 151 Å². The maximum absolute atomic E-state index is 13.0. The molecule has 13 heteroatoms. The van der Waals surface area contributed by atoms with Gasteiger partial charge < -0.3 is 33.9 Å². The van der Waals surface area contributed by atoms with Crippen LogP contribution in [0.25, 0.3) is 44.7 Å². The second-order valence-electron chi connectivity index (χ2n) is 16.5. The molecular weight excluding hydrogens is 686 g/mol. The first kappa shape index (κ1) is 35.7. The molecular formula is C41H49N7O6. The molecule has 3 aromatic heterocycles. The summed E-state index contributed by atoms with van der Waals surface area (Å²) < 4.78 is 23.7. The number of carbonyl (C=O) groups excluding carboxylic acids is 2. The first-order chi connectivity index (χ1) is 25.8. The number of ether oxygens (including phenoxy) is 4. The normalized spacial score (nSPS) is 19.9. The summed E-state index contributed by atoms with van der Waals surface area (Å²) in [4.78, 5) is 49.5. The SMILES string of the molecule is COCC1Oc2cc(-c3cnc([C@@H]4CCCN4C(=O)OC(C)(C)C)[nH]3)ccc2-c2[nH]c3ccc(-c4cnc([C@@H]5CCCN5C(=O)OC(C)(C)C)[nH]4)cc3c21. The number of amides is 2. The summed E-state index contributed by atoms with van der Waals surface area (Å²) in [5.41, 5.74) is 6.45. The van der Waals surface area contributed by atoms with Crippen LogP contribution in [0.1, 0.15) is 103 Å². The van der Waals surface area contributed by atoms with Gasteiger partial charge in [-0.1, -0.05) is 12.1 Å². The number of likely N-dealkylation sites (tertiary alicyclic amines) is 2. The number of hydrogen-bond acceptors (Lipinski definition) is 8. The molecule has 3 aliphatic heterocycles. The number of methoxy groups -OCH3 is 1. The van der Waals surface area contributed by atoms with Crippen LogP contribution < -0.4 is 4.74 Å². The summed E-state index contributed by atoms with van der Waals surface area (Å²) in [6, 6.07) is 12.1. The number of imidazole rings is 2. The van der Waals surface area contributed by atoms with Gasteiger partial charge in [0.1, 0.15) is 34.7 Å². The molecule has 3 aliphatic rings. The molecule has 0 saturated carbocycles. The Labute approximate surface area is 314 Å². The van der Waals surface area contributed by atoms with Crippen molar-refractivity contribution in [2.75, 3.05) is 26.8 Å². The Bertz CT molecular complexity index is 2200. The average Bonchev–Trinajstić information content (AvgIpc) is 3.95. The summed E-state index contributed by atoms with van der Waals surface area (Å²) in [6.07, 6.45) is 6.09. The first-order valence-electron chi connectivity index (χ1n) is 18.8. The predicted molar refractivity (Wildman–Crippen MR) is 204 cm³/mol. The molecule has 2 saturated heterocycles. The zero-order chi connectivity index (χ0) is 37.9. The lowest BCUT2D eigenvalue weighted by Crippen LogP contribution is -2.36. The monoisotopic (exact) mass is 735 g/mol. The molecule has 2 aromatic carbocycles. The van der Waals surface area contributed by atoms with Gasteiger partial charge in [-0.05, 0) is 91.5 Å². The third-order valence-corrected chi connectivity index (χ3v) is 10.2. The Balaban J connectivity index is 1.07. The third-order valence-electron chi connectivity index (χ3n) is 10.2. The summed E-state index contributed by atoms with van der Waals surface area (Å²) in [5.74, 6) is 2.24. The van der Waals surface area contributed by atoms with Gasteiger partial charge in [0.25, 0.3) is 0 Å². The van der Waals surface area contributed by atoms with Gasteiger partial charge in [-0.3, -0.25) is 9.80 Å². The lowest BCUT2D eigenvalue weighted by molar-refractivity contribution is 0.0208. The van der Waals surface area contributed by atoms with Gasteiger partial charge in [-0.2, -0.15) is 0 Å². The average molecular weight is 736 g/mol. The van der Waals surface area contributed by atoms with E-state index in [2.05, 4.69) is 45.3 Å². The number of rotatable bonds is 6. The minimum absolute atomic E-state index is 0.166. The second kappa shape index (κ2) is 13.5. The Hall–Kier alpha value is -5.30. The van der Waals surface area contributed by atoms with E-state index in [1.54, 1.807) is 16.9 Å². The van der Waals surface area contributed by atoms with Crippen molar-refractivity contribution in [2.24, 2.45) is 0 Å². The number of fused-ring (bicyclic) bond motifs is 5. The van der Waals surface area contributed by atoms with Crippen molar-refractivity contribution in [3.63, 3.8) is 0 Å². The Morgan fingerprint density at radius 2 is 1.35 bits per heavy atom. The van der Waals surface area contributed by atoms with Crippen LogP contribution in [-0.4, -0.2) is 84.9 Å². The Morgan fingerprint density at radius 3 is 1.91 bits per heavy atom. The van der Waals surface area contributed by atoms with Crippen LogP contribution in [0.4, 0.5) is 9.59 Å². The van der Waals surface area contributed by atoms with Crippen molar-refractivity contribution in [2.45, 2.75) is 96.6 Å². The lowest BCUT2D eigenvalue weighted by Gasteiger charge is -2.27. The fraction of sp³-hybridized carbons (Fsp3) is 0.463. The number of H-pyrrole nitrogens is 3. The first-order valence-corrected chi connectivity index (χ1v) is 18.8. The Morgan fingerprint density at radius 1 is 0.796 bits per heavy atom. The van der Waals surface area contributed by atoms with E-state index in [9.17, 15) is 9.59 Å². The molecule has 2 amide bonds. The van der Waals surface area contributed by atoms with Crippen LogP contribution >= 0.6 is 0 Å². The van der Waals surface area contributed by atoms with E-state index < -0.39 is 11.2 Å². The highest BCUT2D eigenvalue weighted by atomic mass is 16.6. The number of hydrogen-bond donors (Lipinski definition) is 3. The fourth-order valence-electron chi connectivity index (χ4n) is 7.89. The molecule has 0 radical (unpaired) electrons. The van der Waals surface area contributed by atoms with Crippen LogP contribution in [0.2, 0.25) is 0 Å². The van der Waals surface area contributed by atoms with E-state index in [-0.39, 0.29) is 30.4 Å². The van der Waals surface area contributed by atoms with Gasteiger partial charge in [0.05, 0.1) is 48.2 Å². The molecule has 0 bridgehead atoms. The van der Waals surface area contributed by atoms with Crippen LogP contribution in [0, 0.1) is 0 Å². The molecule has 8 rings (SSSR count). The van der Waals surface area contributed by atoms with E-state index in [0.717, 1.165) is 93.3 Å². The molecule has 6 heterocycles. The Kier molecular flexibility index (Phi) is 8.95. The molecule has 1 unspecified atom stereocenters. The van der Waals surface area contributed by atoms with E-state index in [1.165, 1.54) is 0 Å². The zero-order valence-electron chi connectivity index (χ0n) is 32.0.